The first-order chi connectivity index (χ1) is 14.3. The molecule has 0 aliphatic carbocycles. The van der Waals surface area contributed by atoms with E-state index in [0.717, 1.165) is 12.0 Å². The number of amides is 2. The quantitative estimate of drug-likeness (QED) is 0.640. The molecule has 0 saturated carbocycles. The van der Waals surface area contributed by atoms with Gasteiger partial charge in [-0.2, -0.15) is 0 Å². The van der Waals surface area contributed by atoms with Crippen molar-refractivity contribution in [1.29, 1.82) is 0 Å². The van der Waals surface area contributed by atoms with Gasteiger partial charge < -0.3 is 15.0 Å². The van der Waals surface area contributed by atoms with E-state index >= 15 is 0 Å². The van der Waals surface area contributed by atoms with E-state index in [1.807, 2.05) is 38.1 Å². The topological polar surface area (TPSA) is 58.6 Å². The summed E-state index contributed by atoms with van der Waals surface area (Å²) >= 11 is 0. The Hall–Kier alpha value is -2.89. The van der Waals surface area contributed by atoms with Crippen molar-refractivity contribution >= 4 is 11.8 Å². The maximum absolute atomic E-state index is 13.2. The molecule has 0 fully saturated rings. The van der Waals surface area contributed by atoms with Crippen molar-refractivity contribution < 1.29 is 18.7 Å². The summed E-state index contributed by atoms with van der Waals surface area (Å²) in [4.78, 5) is 27.0. The second-order valence-corrected chi connectivity index (χ2v) is 7.75. The fourth-order valence-corrected chi connectivity index (χ4v) is 2.87. The predicted octanol–water partition coefficient (Wildman–Crippen LogP) is 3.96. The molecule has 1 N–H and O–H groups in total. The third-order valence-corrected chi connectivity index (χ3v) is 4.81. The molecule has 2 aromatic rings. The summed E-state index contributed by atoms with van der Waals surface area (Å²) in [6.45, 7) is 8.30. The number of hydrogen-bond acceptors (Lipinski definition) is 3. The van der Waals surface area contributed by atoms with E-state index in [-0.39, 0.29) is 30.8 Å². The fourth-order valence-electron chi connectivity index (χ4n) is 2.87. The van der Waals surface area contributed by atoms with Crippen molar-refractivity contribution in [2.75, 3.05) is 13.2 Å². The van der Waals surface area contributed by atoms with Crippen LogP contribution in [-0.2, 0) is 22.6 Å². The molecular formula is C24H31FN2O3. The monoisotopic (exact) mass is 414 g/mol. The molecule has 0 spiro atoms. The number of halogens is 1. The predicted molar refractivity (Wildman–Crippen MR) is 116 cm³/mol. The summed E-state index contributed by atoms with van der Waals surface area (Å²) in [6.07, 6.45) is 0.924. The normalized spacial score (nSPS) is 11.8. The van der Waals surface area contributed by atoms with Crippen LogP contribution in [-0.4, -0.2) is 35.9 Å². The first-order valence-corrected chi connectivity index (χ1v) is 10.3. The number of nitrogens with zero attached hydrogens (tertiary/aromatic N) is 1. The first kappa shape index (κ1) is 23.4. The zero-order chi connectivity index (χ0) is 22.1. The zero-order valence-corrected chi connectivity index (χ0v) is 18.2. The van der Waals surface area contributed by atoms with Gasteiger partial charge in [-0.25, -0.2) is 4.39 Å². The largest absolute Gasteiger partial charge is 0.484 e. The van der Waals surface area contributed by atoms with Gasteiger partial charge in [-0.3, -0.25) is 9.59 Å². The molecule has 0 radical (unpaired) electrons. The van der Waals surface area contributed by atoms with Crippen LogP contribution in [0.25, 0.3) is 0 Å². The van der Waals surface area contributed by atoms with Gasteiger partial charge in [0.05, 0.1) is 0 Å². The van der Waals surface area contributed by atoms with Crippen molar-refractivity contribution in [2.45, 2.75) is 46.7 Å². The number of nitrogens with one attached hydrogen (secondary N) is 1. The number of ether oxygens (including phenoxy) is 1. The fraction of sp³-hybridized carbons (Fsp3) is 0.417. The van der Waals surface area contributed by atoms with E-state index in [9.17, 15) is 14.0 Å². The van der Waals surface area contributed by atoms with Crippen LogP contribution in [0.15, 0.2) is 48.5 Å². The van der Waals surface area contributed by atoms with Crippen LogP contribution in [0.1, 0.15) is 38.8 Å². The summed E-state index contributed by atoms with van der Waals surface area (Å²) in [5.74, 6) is 0.00628. The lowest BCUT2D eigenvalue weighted by Crippen LogP contribution is -2.49. The summed E-state index contributed by atoms with van der Waals surface area (Å²) in [6, 6.07) is 12.8. The third kappa shape index (κ3) is 7.17. The molecule has 5 nitrogen and oxygen atoms in total. The Morgan fingerprint density at radius 2 is 1.60 bits per heavy atom. The van der Waals surface area contributed by atoms with E-state index < -0.39 is 6.04 Å². The SMILES string of the molecule is CCc1ccc(OCC(=O)N(Cc2ccc(F)cc2)C(C)C(=O)NCC(C)C)cc1. The van der Waals surface area contributed by atoms with Crippen molar-refractivity contribution in [3.63, 3.8) is 0 Å². The van der Waals surface area contributed by atoms with Crippen LogP contribution in [0, 0.1) is 11.7 Å². The smallest absolute Gasteiger partial charge is 0.261 e. The van der Waals surface area contributed by atoms with Crippen LogP contribution < -0.4 is 10.1 Å². The molecule has 0 aliphatic heterocycles. The van der Waals surface area contributed by atoms with E-state index in [2.05, 4.69) is 12.2 Å². The number of rotatable bonds is 10. The van der Waals surface area contributed by atoms with Gasteiger partial charge in [0.2, 0.25) is 5.91 Å². The molecule has 0 heterocycles. The second kappa shape index (κ2) is 11.3. The molecule has 1 unspecified atom stereocenters. The van der Waals surface area contributed by atoms with Gasteiger partial charge in [-0.05, 0) is 54.7 Å². The minimum Gasteiger partial charge on any atom is -0.484 e. The molecule has 2 rings (SSSR count). The number of aryl methyl sites for hydroxylation is 1. The Kier molecular flexibility index (Phi) is 8.84. The third-order valence-electron chi connectivity index (χ3n) is 4.81. The van der Waals surface area contributed by atoms with Gasteiger partial charge in [0.1, 0.15) is 17.6 Å². The van der Waals surface area contributed by atoms with Gasteiger partial charge in [0.25, 0.3) is 5.91 Å². The van der Waals surface area contributed by atoms with E-state index in [1.165, 1.54) is 22.6 Å². The number of carbonyl (C=O) groups excluding carboxylic acids is 2. The maximum atomic E-state index is 13.2. The standard InChI is InChI=1S/C24H31FN2O3/c1-5-19-8-12-22(13-9-19)30-16-23(28)27(15-20-6-10-21(25)11-7-20)18(4)24(29)26-14-17(2)3/h6-13,17-18H,5,14-16H2,1-4H3,(H,26,29). The molecule has 2 amide bonds. The molecule has 0 saturated heterocycles. The minimum absolute atomic E-state index is 0.186. The van der Waals surface area contributed by atoms with E-state index in [0.29, 0.717) is 18.2 Å². The Morgan fingerprint density at radius 1 is 1.00 bits per heavy atom. The number of benzene rings is 2. The summed E-state index contributed by atoms with van der Waals surface area (Å²) < 4.78 is 18.9. The molecule has 0 aromatic heterocycles. The molecule has 1 atom stereocenters. The van der Waals surface area contributed by atoms with Gasteiger partial charge in [-0.15, -0.1) is 0 Å². The first-order valence-electron chi connectivity index (χ1n) is 10.3. The molecule has 162 valence electrons. The van der Waals surface area contributed by atoms with E-state index in [1.54, 1.807) is 19.1 Å². The van der Waals surface area contributed by atoms with Crippen molar-refractivity contribution in [1.82, 2.24) is 10.2 Å². The highest BCUT2D eigenvalue weighted by molar-refractivity contribution is 5.87. The summed E-state index contributed by atoms with van der Waals surface area (Å²) in [5.41, 5.74) is 1.92. The molecule has 2 aromatic carbocycles. The van der Waals surface area contributed by atoms with Gasteiger partial charge in [-0.1, -0.05) is 45.0 Å². The highest BCUT2D eigenvalue weighted by Crippen LogP contribution is 2.15. The highest BCUT2D eigenvalue weighted by Gasteiger charge is 2.26. The van der Waals surface area contributed by atoms with Crippen LogP contribution >= 0.6 is 0 Å². The van der Waals surface area contributed by atoms with Crippen LogP contribution in [0.5, 0.6) is 5.75 Å². The Bertz CT molecular complexity index is 819. The Morgan fingerprint density at radius 3 is 2.17 bits per heavy atom. The highest BCUT2D eigenvalue weighted by atomic mass is 19.1. The Balaban J connectivity index is 2.10. The van der Waals surface area contributed by atoms with Gasteiger partial charge in [0.15, 0.2) is 6.61 Å². The van der Waals surface area contributed by atoms with Crippen molar-refractivity contribution in [3.8, 4) is 5.75 Å². The lowest BCUT2D eigenvalue weighted by atomic mass is 10.1. The molecule has 6 heteroatoms. The number of hydrogen-bond donors (Lipinski definition) is 1. The van der Waals surface area contributed by atoms with Crippen LogP contribution in [0.3, 0.4) is 0 Å². The minimum atomic E-state index is -0.688. The number of carbonyl (C=O) groups is 2. The van der Waals surface area contributed by atoms with Crippen LogP contribution in [0.2, 0.25) is 0 Å². The summed E-state index contributed by atoms with van der Waals surface area (Å²) in [7, 11) is 0. The lowest BCUT2D eigenvalue weighted by Gasteiger charge is -2.29. The van der Waals surface area contributed by atoms with Gasteiger partial charge in [0, 0.05) is 13.1 Å². The van der Waals surface area contributed by atoms with Crippen molar-refractivity contribution in [3.05, 3.63) is 65.5 Å². The van der Waals surface area contributed by atoms with E-state index in [4.69, 9.17) is 4.74 Å². The second-order valence-electron chi connectivity index (χ2n) is 7.75. The lowest BCUT2D eigenvalue weighted by molar-refractivity contribution is -0.142. The molecule has 0 aliphatic rings. The average Bonchev–Trinajstić information content (AvgIpc) is 2.75. The molecule has 0 bridgehead atoms. The van der Waals surface area contributed by atoms with Crippen molar-refractivity contribution in [2.24, 2.45) is 5.92 Å². The van der Waals surface area contributed by atoms with Gasteiger partial charge >= 0.3 is 0 Å². The molecular weight excluding hydrogens is 383 g/mol. The van der Waals surface area contributed by atoms with Crippen LogP contribution in [0.4, 0.5) is 4.39 Å². The molecule has 30 heavy (non-hydrogen) atoms. The summed E-state index contributed by atoms with van der Waals surface area (Å²) in [5, 5.41) is 2.86. The Labute approximate surface area is 178 Å². The maximum Gasteiger partial charge on any atom is 0.261 e. The average molecular weight is 415 g/mol. The zero-order valence-electron chi connectivity index (χ0n) is 18.2.